The molecule has 0 aliphatic carbocycles. The van der Waals surface area contributed by atoms with Gasteiger partial charge in [-0.05, 0) is 24.3 Å². The van der Waals surface area contributed by atoms with Gasteiger partial charge in [0.05, 0.1) is 4.90 Å². The Kier molecular flexibility index (Phi) is 6.12. The van der Waals surface area contributed by atoms with Crippen LogP contribution in [-0.4, -0.2) is 15.0 Å². The number of rotatable bonds is 3. The van der Waals surface area contributed by atoms with Crippen LogP contribution in [0.2, 0.25) is 0 Å². The lowest BCUT2D eigenvalue weighted by Gasteiger charge is -2.03. The van der Waals surface area contributed by atoms with Crippen molar-refractivity contribution in [2.24, 2.45) is 0 Å². The quantitative estimate of drug-likeness (QED) is 0.869. The number of halogens is 1. The fourth-order valence-electron chi connectivity index (χ4n) is 0.887. The minimum absolute atomic E-state index is 0.0794. The smallest absolute Gasteiger partial charge is 0.211 e. The molecule has 0 unspecified atom stereocenters. The van der Waals surface area contributed by atoms with E-state index >= 15 is 0 Å². The summed E-state index contributed by atoms with van der Waals surface area (Å²) in [5.41, 5.74) is 0. The maximum atomic E-state index is 12.4. The second-order valence-electron chi connectivity index (χ2n) is 2.46. The van der Waals surface area contributed by atoms with Crippen molar-refractivity contribution in [1.29, 1.82) is 0 Å². The van der Waals surface area contributed by atoms with Crippen molar-refractivity contribution in [3.63, 3.8) is 0 Å². The molecule has 3 nitrogen and oxygen atoms in total. The average Bonchev–Trinajstić information content (AvgIpc) is 2.21. The van der Waals surface area contributed by atoms with Gasteiger partial charge in [0.15, 0.2) is 0 Å². The van der Waals surface area contributed by atoms with Crippen LogP contribution in [0.1, 0.15) is 20.8 Å². The van der Waals surface area contributed by atoms with Crippen LogP contribution in [0.3, 0.4) is 0 Å². The van der Waals surface area contributed by atoms with E-state index in [1.165, 1.54) is 12.1 Å². The summed E-state index contributed by atoms with van der Waals surface area (Å²) in [7, 11) is -3.44. The van der Waals surface area contributed by atoms with Gasteiger partial charge in [-0.15, -0.1) is 0 Å². The number of nitrogens with one attached hydrogen (secondary N) is 1. The minimum atomic E-state index is -3.44. The molecule has 1 rings (SSSR count). The van der Waals surface area contributed by atoms with Crippen LogP contribution in [0.15, 0.2) is 29.2 Å². The Labute approximate surface area is 90.4 Å². The second kappa shape index (κ2) is 6.53. The molecule has 0 aromatic heterocycles. The van der Waals surface area contributed by atoms with Gasteiger partial charge in [-0.25, -0.2) is 17.5 Å². The SMILES string of the molecule is CC.CCNS(=O)(=O)c1ccc(F)cc1. The van der Waals surface area contributed by atoms with Crippen LogP contribution < -0.4 is 4.72 Å². The van der Waals surface area contributed by atoms with Gasteiger partial charge in [0.25, 0.3) is 0 Å². The van der Waals surface area contributed by atoms with E-state index in [1.807, 2.05) is 13.8 Å². The standard InChI is InChI=1S/C8H10FNO2S.C2H6/c1-2-10-13(11,12)8-5-3-7(9)4-6-8;1-2/h3-6,10H,2H2,1H3;1-2H3. The van der Waals surface area contributed by atoms with Crippen molar-refractivity contribution in [2.75, 3.05) is 6.54 Å². The third-order valence-corrected chi connectivity index (χ3v) is 3.02. The van der Waals surface area contributed by atoms with Gasteiger partial charge in [-0.3, -0.25) is 0 Å². The Hall–Kier alpha value is -0.940. The van der Waals surface area contributed by atoms with Crippen molar-refractivity contribution >= 4 is 10.0 Å². The van der Waals surface area contributed by atoms with Gasteiger partial charge in [0.1, 0.15) is 5.82 Å². The van der Waals surface area contributed by atoms with Crippen LogP contribution in [0.5, 0.6) is 0 Å². The molecule has 0 atom stereocenters. The first-order valence-electron chi connectivity index (χ1n) is 4.81. The lowest BCUT2D eigenvalue weighted by atomic mass is 10.4. The Bertz CT molecular complexity index is 373. The third-order valence-electron chi connectivity index (χ3n) is 1.46. The van der Waals surface area contributed by atoms with Crippen molar-refractivity contribution in [1.82, 2.24) is 4.72 Å². The predicted octanol–water partition coefficient (Wildman–Crippen LogP) is 2.15. The van der Waals surface area contributed by atoms with Crippen LogP contribution in [0.4, 0.5) is 4.39 Å². The summed E-state index contributed by atoms with van der Waals surface area (Å²) in [5, 5.41) is 0. The van der Waals surface area contributed by atoms with Crippen molar-refractivity contribution in [3.05, 3.63) is 30.1 Å². The molecular weight excluding hydrogens is 217 g/mol. The third kappa shape index (κ3) is 4.40. The molecule has 0 aliphatic rings. The molecular formula is C10H16FNO2S. The average molecular weight is 233 g/mol. The summed E-state index contributed by atoms with van der Waals surface area (Å²) in [6.07, 6.45) is 0. The fourth-order valence-corrected chi connectivity index (χ4v) is 1.93. The van der Waals surface area contributed by atoms with Crippen LogP contribution in [-0.2, 0) is 10.0 Å². The second-order valence-corrected chi connectivity index (χ2v) is 4.22. The van der Waals surface area contributed by atoms with Crippen molar-refractivity contribution < 1.29 is 12.8 Å². The van der Waals surface area contributed by atoms with Gasteiger partial charge in [-0.2, -0.15) is 0 Å². The summed E-state index contributed by atoms with van der Waals surface area (Å²) in [5.74, 6) is -0.449. The van der Waals surface area contributed by atoms with E-state index in [-0.39, 0.29) is 4.90 Å². The van der Waals surface area contributed by atoms with Gasteiger partial charge >= 0.3 is 0 Å². The summed E-state index contributed by atoms with van der Waals surface area (Å²) in [6.45, 7) is 6.00. The maximum absolute atomic E-state index is 12.4. The lowest BCUT2D eigenvalue weighted by Crippen LogP contribution is -2.22. The van der Waals surface area contributed by atoms with Gasteiger partial charge in [-0.1, -0.05) is 20.8 Å². The number of sulfonamides is 1. The zero-order valence-corrected chi connectivity index (χ0v) is 9.94. The molecule has 5 heteroatoms. The lowest BCUT2D eigenvalue weighted by molar-refractivity contribution is 0.583. The summed E-state index contributed by atoms with van der Waals surface area (Å²) >= 11 is 0. The van der Waals surface area contributed by atoms with E-state index in [4.69, 9.17) is 0 Å². The molecule has 0 saturated carbocycles. The molecule has 1 aromatic rings. The highest BCUT2D eigenvalue weighted by molar-refractivity contribution is 7.89. The molecule has 0 bridgehead atoms. The number of hydrogen-bond acceptors (Lipinski definition) is 2. The predicted molar refractivity (Wildman–Crippen MR) is 58.6 cm³/mol. The Balaban J connectivity index is 0.000000921. The van der Waals surface area contributed by atoms with Gasteiger partial charge < -0.3 is 0 Å². The molecule has 1 N–H and O–H groups in total. The summed E-state index contributed by atoms with van der Waals surface area (Å²) < 4.78 is 37.4. The molecule has 0 aliphatic heterocycles. The van der Waals surface area contributed by atoms with E-state index in [2.05, 4.69) is 4.72 Å². The van der Waals surface area contributed by atoms with Crippen molar-refractivity contribution in [2.45, 2.75) is 25.7 Å². The molecule has 0 saturated heterocycles. The normalized spacial score (nSPS) is 10.4. The summed E-state index contributed by atoms with van der Waals surface area (Å²) in [6, 6.07) is 4.69. The molecule has 0 amide bonds. The fraction of sp³-hybridized carbons (Fsp3) is 0.400. The molecule has 0 radical (unpaired) electrons. The topological polar surface area (TPSA) is 46.2 Å². The highest BCUT2D eigenvalue weighted by atomic mass is 32.2. The Morgan fingerprint density at radius 1 is 1.20 bits per heavy atom. The maximum Gasteiger partial charge on any atom is 0.240 e. The van der Waals surface area contributed by atoms with Crippen LogP contribution in [0.25, 0.3) is 0 Å². The molecule has 1 aromatic carbocycles. The van der Waals surface area contributed by atoms with Crippen LogP contribution >= 0.6 is 0 Å². The van der Waals surface area contributed by atoms with E-state index in [0.29, 0.717) is 6.54 Å². The zero-order chi connectivity index (χ0) is 11.9. The molecule has 0 spiro atoms. The molecule has 86 valence electrons. The molecule has 15 heavy (non-hydrogen) atoms. The monoisotopic (exact) mass is 233 g/mol. The first-order valence-corrected chi connectivity index (χ1v) is 6.30. The highest BCUT2D eigenvalue weighted by Crippen LogP contribution is 2.08. The largest absolute Gasteiger partial charge is 0.240 e. The van der Waals surface area contributed by atoms with Crippen molar-refractivity contribution in [3.8, 4) is 0 Å². The number of hydrogen-bond donors (Lipinski definition) is 1. The van der Waals surface area contributed by atoms with E-state index < -0.39 is 15.8 Å². The summed E-state index contributed by atoms with van der Waals surface area (Å²) in [4.78, 5) is 0.0794. The van der Waals surface area contributed by atoms with Gasteiger partial charge in [0, 0.05) is 6.54 Å². The molecule has 0 heterocycles. The highest BCUT2D eigenvalue weighted by Gasteiger charge is 2.11. The Morgan fingerprint density at radius 3 is 2.07 bits per heavy atom. The van der Waals surface area contributed by atoms with E-state index in [9.17, 15) is 12.8 Å². The molecule has 0 fully saturated rings. The van der Waals surface area contributed by atoms with E-state index in [1.54, 1.807) is 6.92 Å². The number of benzene rings is 1. The Morgan fingerprint density at radius 2 is 1.67 bits per heavy atom. The minimum Gasteiger partial charge on any atom is -0.211 e. The zero-order valence-electron chi connectivity index (χ0n) is 9.12. The first-order chi connectivity index (χ1) is 7.06. The van der Waals surface area contributed by atoms with E-state index in [0.717, 1.165) is 12.1 Å². The van der Waals surface area contributed by atoms with Crippen LogP contribution in [0, 0.1) is 5.82 Å². The first kappa shape index (κ1) is 14.1. The van der Waals surface area contributed by atoms with Gasteiger partial charge in [0.2, 0.25) is 10.0 Å².